The third kappa shape index (κ3) is 7.60. The summed E-state index contributed by atoms with van der Waals surface area (Å²) >= 11 is 0. The van der Waals surface area contributed by atoms with Crippen LogP contribution in [0.4, 0.5) is 5.69 Å². The van der Waals surface area contributed by atoms with Crippen molar-refractivity contribution in [3.8, 4) is 34.2 Å². The Morgan fingerprint density at radius 2 is 1.28 bits per heavy atom. The van der Waals surface area contributed by atoms with Crippen molar-refractivity contribution in [3.63, 3.8) is 0 Å². The molecule has 5 aromatic heterocycles. The van der Waals surface area contributed by atoms with Crippen molar-refractivity contribution >= 4 is 49.7 Å². The number of anilines is 1. The zero-order valence-electron chi connectivity index (χ0n) is 38.8. The van der Waals surface area contributed by atoms with Gasteiger partial charge >= 0.3 is 0 Å². The normalized spacial score (nSPS) is 12.6. The Morgan fingerprint density at radius 1 is 0.603 bits per heavy atom. The molecule has 68 heavy (non-hydrogen) atoms. The minimum Gasteiger partial charge on any atom is -0.501 e. The number of hydrogen-bond acceptors (Lipinski definition) is 7. The van der Waals surface area contributed by atoms with Gasteiger partial charge in [-0.2, -0.15) is 55.2 Å². The van der Waals surface area contributed by atoms with Gasteiger partial charge in [0.05, 0.1) is 17.2 Å². The van der Waals surface area contributed by atoms with Gasteiger partial charge < -0.3 is 27.8 Å². The van der Waals surface area contributed by atoms with Gasteiger partial charge in [0, 0.05) is 83.9 Å². The number of hydrogen-bond donors (Lipinski definition) is 0. The number of fused-ring (bicyclic) bond motifs is 6. The molecule has 0 spiro atoms. The van der Waals surface area contributed by atoms with Gasteiger partial charge in [-0.3, -0.25) is 9.97 Å². The Balaban J connectivity index is 0.000000165. The molecule has 0 saturated heterocycles. The van der Waals surface area contributed by atoms with Gasteiger partial charge in [-0.1, -0.05) is 71.1 Å². The SMILES string of the molecule is Cc1ccc2c(n1)oc1c(C(C)(C)N3C=CN(c4[c-]cccc4)[CH-]3)[c-]ccc12.Cc1cccc(C)c1-n1ccnc1-c1[c-]c(-c2nccn2-c2c(C)cccc2C)c2oc3ccccc3c2c1.[Ir]. The van der Waals surface area contributed by atoms with Crippen LogP contribution in [-0.4, -0.2) is 29.0 Å². The van der Waals surface area contributed by atoms with Gasteiger partial charge in [0.15, 0.2) is 0 Å². The minimum absolute atomic E-state index is 0. The predicted octanol–water partition coefficient (Wildman–Crippen LogP) is 13.9. The van der Waals surface area contributed by atoms with Crippen molar-refractivity contribution in [1.82, 2.24) is 29.0 Å². The summed E-state index contributed by atoms with van der Waals surface area (Å²) in [5, 5.41) is 4.18. The topological polar surface area (TPSA) is 81.3 Å². The first-order valence-corrected chi connectivity index (χ1v) is 22.4. The van der Waals surface area contributed by atoms with E-state index in [1.165, 1.54) is 22.3 Å². The molecule has 9 nitrogen and oxygen atoms in total. The number of para-hydroxylation sites is 4. The summed E-state index contributed by atoms with van der Waals surface area (Å²) in [6, 6.07) is 49.4. The average molecular weight is 1070 g/mol. The Kier molecular flexibility index (Phi) is 11.5. The van der Waals surface area contributed by atoms with E-state index in [2.05, 4.69) is 151 Å². The smallest absolute Gasteiger partial charge is 0.212 e. The van der Waals surface area contributed by atoms with E-state index in [1.807, 2.05) is 98.6 Å². The fourth-order valence-corrected chi connectivity index (χ4v) is 9.44. The van der Waals surface area contributed by atoms with Gasteiger partial charge in [-0.15, -0.1) is 17.8 Å². The van der Waals surface area contributed by atoms with Crippen LogP contribution >= 0.6 is 0 Å². The molecule has 0 aliphatic carbocycles. The number of nitrogens with zero attached hydrogens (tertiary/aromatic N) is 7. The minimum atomic E-state index is -0.359. The summed E-state index contributed by atoms with van der Waals surface area (Å²) in [5.74, 6) is 1.61. The number of imidazole rings is 2. The van der Waals surface area contributed by atoms with Crippen LogP contribution in [0.5, 0.6) is 0 Å². The summed E-state index contributed by atoms with van der Waals surface area (Å²) in [6.07, 6.45) is 11.8. The first-order valence-electron chi connectivity index (χ1n) is 22.4. The summed E-state index contributed by atoms with van der Waals surface area (Å²) in [6.45, 7) is 16.9. The maximum absolute atomic E-state index is 6.47. The zero-order valence-corrected chi connectivity index (χ0v) is 41.2. The molecular weight excluding hydrogens is 1020 g/mol. The van der Waals surface area contributed by atoms with Crippen molar-refractivity contribution in [1.29, 1.82) is 0 Å². The summed E-state index contributed by atoms with van der Waals surface area (Å²) < 4.78 is 17.0. The number of aryl methyl sites for hydroxylation is 5. The van der Waals surface area contributed by atoms with Crippen molar-refractivity contribution in [2.75, 3.05) is 4.90 Å². The molecule has 339 valence electrons. The molecule has 1 radical (unpaired) electrons. The Bertz CT molecular complexity index is 3650. The molecule has 1 aliphatic rings. The second-order valence-electron chi connectivity index (χ2n) is 17.7. The maximum atomic E-state index is 6.47. The molecule has 0 atom stereocenters. The fraction of sp³-hybridized carbons (Fsp3) is 0.138. The van der Waals surface area contributed by atoms with Crippen LogP contribution in [0.2, 0.25) is 0 Å². The maximum Gasteiger partial charge on any atom is 0.212 e. The molecule has 6 heterocycles. The molecule has 0 bridgehead atoms. The molecular formula is C58H47IrN7O2-4. The number of benzene rings is 6. The van der Waals surface area contributed by atoms with E-state index >= 15 is 0 Å². The number of aromatic nitrogens is 5. The third-order valence-electron chi connectivity index (χ3n) is 12.8. The monoisotopic (exact) mass is 1070 g/mol. The molecule has 0 saturated carbocycles. The number of furan rings is 2. The second-order valence-corrected chi connectivity index (χ2v) is 17.7. The van der Waals surface area contributed by atoms with Crippen LogP contribution < -0.4 is 4.90 Å². The van der Waals surface area contributed by atoms with E-state index in [4.69, 9.17) is 18.8 Å². The molecule has 10 heteroatoms. The largest absolute Gasteiger partial charge is 0.501 e. The molecule has 1 aliphatic heterocycles. The van der Waals surface area contributed by atoms with E-state index < -0.39 is 0 Å². The number of rotatable bonds is 7. The molecule has 0 amide bonds. The van der Waals surface area contributed by atoms with E-state index in [9.17, 15) is 0 Å². The first kappa shape index (κ1) is 44.3. The van der Waals surface area contributed by atoms with Gasteiger partial charge in [0.25, 0.3) is 0 Å². The van der Waals surface area contributed by atoms with E-state index in [0.29, 0.717) is 5.71 Å². The molecule has 6 aromatic carbocycles. The van der Waals surface area contributed by atoms with Crippen molar-refractivity contribution in [3.05, 3.63) is 211 Å². The van der Waals surface area contributed by atoms with E-state index in [-0.39, 0.29) is 25.6 Å². The van der Waals surface area contributed by atoms with Crippen LogP contribution in [-0.2, 0) is 25.6 Å². The van der Waals surface area contributed by atoms with E-state index in [1.54, 1.807) is 0 Å². The fourth-order valence-electron chi connectivity index (χ4n) is 9.44. The van der Waals surface area contributed by atoms with Gasteiger partial charge in [0.2, 0.25) is 5.71 Å². The van der Waals surface area contributed by atoms with Crippen molar-refractivity contribution < 1.29 is 28.9 Å². The Labute approximate surface area is 409 Å². The second kappa shape index (κ2) is 17.6. The predicted molar refractivity (Wildman–Crippen MR) is 268 cm³/mol. The Morgan fingerprint density at radius 3 is 1.99 bits per heavy atom. The van der Waals surface area contributed by atoms with Crippen molar-refractivity contribution in [2.24, 2.45) is 0 Å². The van der Waals surface area contributed by atoms with Crippen LogP contribution in [0.1, 0.15) is 47.4 Å². The van der Waals surface area contributed by atoms with Gasteiger partial charge in [0.1, 0.15) is 5.58 Å². The standard InChI is InChI=1S/C34H27N4O.C24H20N3O.Ir/c1-21-9-7-10-22(2)30(21)37-17-15-35-33(37)25-19-27-26-13-5-6-14-29(26)39-32(27)28(20-25)34-36-16-18-38(34)31-23(3)11-8-12-24(31)4;1-17-12-13-20-19-10-7-11-21(22(19)28-23(20)25-17)24(2,3)27-15-14-26(16-27)18-8-5-4-6-9-18;/h5-19H,1-4H3;4-8,10,12-16H,1-3H3;/q-1;-3;. The molecule has 0 fully saturated rings. The summed E-state index contributed by atoms with van der Waals surface area (Å²) in [5.41, 5.74) is 14.4. The third-order valence-corrected chi connectivity index (χ3v) is 12.8. The molecule has 11 aromatic rings. The first-order chi connectivity index (χ1) is 32.5. The Hall–Kier alpha value is -7.52. The number of pyridine rings is 1. The molecule has 12 rings (SSSR count). The quantitative estimate of drug-likeness (QED) is 0.147. The van der Waals surface area contributed by atoms with Gasteiger partial charge in [-0.05, 0) is 112 Å². The molecule has 0 N–H and O–H groups in total. The van der Waals surface area contributed by atoms with Crippen molar-refractivity contribution in [2.45, 2.75) is 54.0 Å². The summed E-state index contributed by atoms with van der Waals surface area (Å²) in [7, 11) is 0. The van der Waals surface area contributed by atoms with Crippen LogP contribution in [0.3, 0.4) is 0 Å². The van der Waals surface area contributed by atoms with E-state index in [0.717, 1.165) is 89.4 Å². The van der Waals surface area contributed by atoms with Crippen LogP contribution in [0, 0.1) is 59.5 Å². The average Bonchev–Trinajstić information content (AvgIpc) is 4.19. The molecule has 0 unspecified atom stereocenters. The van der Waals surface area contributed by atoms with Crippen LogP contribution in [0.15, 0.2) is 161 Å². The van der Waals surface area contributed by atoms with Gasteiger partial charge in [-0.25, -0.2) is 4.98 Å². The zero-order chi connectivity index (χ0) is 46.0. The summed E-state index contributed by atoms with van der Waals surface area (Å²) in [4.78, 5) is 18.5. The van der Waals surface area contributed by atoms with Crippen LogP contribution in [0.25, 0.3) is 78.2 Å².